The lowest BCUT2D eigenvalue weighted by atomic mass is 10.1. The van der Waals surface area contributed by atoms with Gasteiger partial charge in [-0.25, -0.2) is 4.39 Å². The van der Waals surface area contributed by atoms with E-state index in [0.717, 1.165) is 0 Å². The molecule has 1 aromatic rings. The van der Waals surface area contributed by atoms with Crippen molar-refractivity contribution in [2.75, 3.05) is 7.05 Å². The van der Waals surface area contributed by atoms with Crippen LogP contribution in [0.2, 0.25) is 0 Å². The van der Waals surface area contributed by atoms with E-state index in [1.54, 1.807) is 37.1 Å². The summed E-state index contributed by atoms with van der Waals surface area (Å²) in [6, 6.07) is 6.30. The second-order valence-electron chi connectivity index (χ2n) is 3.71. The fourth-order valence-electron chi connectivity index (χ4n) is 1.34. The Labute approximate surface area is 94.2 Å². The average Bonchev–Trinajstić information content (AvgIpc) is 2.30. The zero-order chi connectivity index (χ0) is 12.1. The molecule has 0 saturated heterocycles. The van der Waals surface area contributed by atoms with Gasteiger partial charge in [0.15, 0.2) is 5.84 Å². The highest BCUT2D eigenvalue weighted by atomic mass is 19.1. The van der Waals surface area contributed by atoms with E-state index in [2.05, 4.69) is 5.16 Å². The van der Waals surface area contributed by atoms with E-state index in [1.807, 2.05) is 0 Å². The molecule has 0 spiro atoms. The van der Waals surface area contributed by atoms with Gasteiger partial charge < -0.3 is 10.9 Å². The number of rotatable bonds is 4. The predicted octanol–water partition coefficient (Wildman–Crippen LogP) is 1.39. The number of oxime groups is 1. The van der Waals surface area contributed by atoms with Crippen LogP contribution in [0.4, 0.5) is 4.39 Å². The Morgan fingerprint density at radius 3 is 2.75 bits per heavy atom. The fraction of sp³-hybridized carbons (Fsp3) is 0.364. The van der Waals surface area contributed by atoms with Crippen LogP contribution in [-0.2, 0) is 6.54 Å². The quantitative estimate of drug-likeness (QED) is 0.352. The van der Waals surface area contributed by atoms with Crippen molar-refractivity contribution in [1.29, 1.82) is 0 Å². The van der Waals surface area contributed by atoms with Crippen molar-refractivity contribution in [3.8, 4) is 0 Å². The normalized spacial score (nSPS) is 14.1. The van der Waals surface area contributed by atoms with Crippen LogP contribution in [0.1, 0.15) is 12.5 Å². The van der Waals surface area contributed by atoms with Gasteiger partial charge in [-0.15, -0.1) is 0 Å². The number of benzene rings is 1. The highest BCUT2D eigenvalue weighted by molar-refractivity contribution is 5.84. The van der Waals surface area contributed by atoms with Gasteiger partial charge in [-0.2, -0.15) is 0 Å². The largest absolute Gasteiger partial charge is 0.409 e. The first-order valence-electron chi connectivity index (χ1n) is 4.97. The van der Waals surface area contributed by atoms with E-state index in [0.29, 0.717) is 12.1 Å². The van der Waals surface area contributed by atoms with Gasteiger partial charge in [0.2, 0.25) is 0 Å². The van der Waals surface area contributed by atoms with E-state index >= 15 is 0 Å². The summed E-state index contributed by atoms with van der Waals surface area (Å²) in [5.41, 5.74) is 6.06. The monoisotopic (exact) mass is 225 g/mol. The molecule has 3 N–H and O–H groups in total. The summed E-state index contributed by atoms with van der Waals surface area (Å²) in [5.74, 6) is -0.139. The Morgan fingerprint density at radius 1 is 1.56 bits per heavy atom. The minimum absolute atomic E-state index is 0.110. The molecule has 0 bridgehead atoms. The highest BCUT2D eigenvalue weighted by Crippen LogP contribution is 2.10. The van der Waals surface area contributed by atoms with Crippen molar-refractivity contribution in [1.82, 2.24) is 4.90 Å². The third kappa shape index (κ3) is 2.93. The van der Waals surface area contributed by atoms with Crippen molar-refractivity contribution in [2.45, 2.75) is 19.5 Å². The summed E-state index contributed by atoms with van der Waals surface area (Å²) in [6.45, 7) is 2.19. The van der Waals surface area contributed by atoms with Gasteiger partial charge in [-0.1, -0.05) is 23.4 Å². The zero-order valence-corrected chi connectivity index (χ0v) is 9.39. The second kappa shape index (κ2) is 5.46. The van der Waals surface area contributed by atoms with Gasteiger partial charge >= 0.3 is 0 Å². The van der Waals surface area contributed by atoms with Crippen LogP contribution < -0.4 is 5.73 Å². The average molecular weight is 225 g/mol. The second-order valence-corrected chi connectivity index (χ2v) is 3.71. The molecule has 0 heterocycles. The molecular weight excluding hydrogens is 209 g/mol. The van der Waals surface area contributed by atoms with E-state index in [4.69, 9.17) is 10.9 Å². The van der Waals surface area contributed by atoms with Crippen LogP contribution >= 0.6 is 0 Å². The lowest BCUT2D eigenvalue weighted by Crippen LogP contribution is -2.40. The predicted molar refractivity (Wildman–Crippen MR) is 60.7 cm³/mol. The summed E-state index contributed by atoms with van der Waals surface area (Å²) in [6.07, 6.45) is 0. The Morgan fingerprint density at radius 2 is 2.19 bits per heavy atom. The molecule has 0 aliphatic carbocycles. The molecule has 1 unspecified atom stereocenters. The Hall–Kier alpha value is -1.62. The number of nitrogens with zero attached hydrogens (tertiary/aromatic N) is 2. The van der Waals surface area contributed by atoms with Gasteiger partial charge in [-0.3, -0.25) is 4.90 Å². The molecule has 88 valence electrons. The number of hydrogen-bond donors (Lipinski definition) is 2. The van der Waals surface area contributed by atoms with Crippen LogP contribution in [0.3, 0.4) is 0 Å². The zero-order valence-electron chi connectivity index (χ0n) is 9.39. The molecule has 0 amide bonds. The van der Waals surface area contributed by atoms with Crippen LogP contribution in [0.25, 0.3) is 0 Å². The van der Waals surface area contributed by atoms with E-state index in [-0.39, 0.29) is 17.7 Å². The molecule has 1 rings (SSSR count). The standard InChI is InChI=1S/C11H16FN3O/c1-8(11(13)14-16)15(2)7-9-5-3-4-6-10(9)12/h3-6,8,16H,7H2,1-2H3,(H2,13,14). The van der Waals surface area contributed by atoms with Crippen molar-refractivity contribution in [3.63, 3.8) is 0 Å². The van der Waals surface area contributed by atoms with E-state index in [9.17, 15) is 4.39 Å². The lowest BCUT2D eigenvalue weighted by molar-refractivity contribution is 0.276. The number of nitrogens with two attached hydrogens (primary N) is 1. The molecule has 4 nitrogen and oxygen atoms in total. The van der Waals surface area contributed by atoms with Crippen LogP contribution in [0.15, 0.2) is 29.4 Å². The lowest BCUT2D eigenvalue weighted by Gasteiger charge is -2.23. The molecule has 1 atom stereocenters. The van der Waals surface area contributed by atoms with Gasteiger partial charge in [0.25, 0.3) is 0 Å². The van der Waals surface area contributed by atoms with Crippen LogP contribution in [0.5, 0.6) is 0 Å². The molecule has 5 heteroatoms. The number of amidine groups is 1. The van der Waals surface area contributed by atoms with Crippen molar-refractivity contribution in [2.24, 2.45) is 10.9 Å². The Bertz CT molecular complexity index is 381. The molecule has 0 radical (unpaired) electrons. The van der Waals surface area contributed by atoms with Gasteiger partial charge in [0.1, 0.15) is 5.82 Å². The van der Waals surface area contributed by atoms with Crippen molar-refractivity contribution >= 4 is 5.84 Å². The summed E-state index contributed by atoms with van der Waals surface area (Å²) in [4.78, 5) is 1.80. The van der Waals surface area contributed by atoms with Gasteiger partial charge in [-0.05, 0) is 20.0 Å². The number of hydrogen-bond acceptors (Lipinski definition) is 3. The Balaban J connectivity index is 2.72. The third-order valence-corrected chi connectivity index (χ3v) is 2.58. The molecular formula is C11H16FN3O. The molecule has 0 fully saturated rings. The summed E-state index contributed by atoms with van der Waals surface area (Å²) in [7, 11) is 1.79. The van der Waals surface area contributed by atoms with Crippen molar-refractivity contribution < 1.29 is 9.60 Å². The SMILES string of the molecule is CC(C(N)=NO)N(C)Cc1ccccc1F. The number of likely N-dealkylation sites (N-methyl/N-ethyl adjacent to an activating group) is 1. The van der Waals surface area contributed by atoms with E-state index < -0.39 is 0 Å². The first-order valence-corrected chi connectivity index (χ1v) is 4.97. The van der Waals surface area contributed by atoms with E-state index in [1.165, 1.54) is 6.07 Å². The summed E-state index contributed by atoms with van der Waals surface area (Å²) >= 11 is 0. The number of halogens is 1. The van der Waals surface area contributed by atoms with Gasteiger partial charge in [0, 0.05) is 12.1 Å². The van der Waals surface area contributed by atoms with Crippen molar-refractivity contribution in [3.05, 3.63) is 35.6 Å². The maximum atomic E-state index is 13.4. The summed E-state index contributed by atoms with van der Waals surface area (Å²) < 4.78 is 13.4. The topological polar surface area (TPSA) is 61.9 Å². The Kier molecular flexibility index (Phi) is 4.25. The minimum atomic E-state index is -0.249. The molecule has 1 aromatic carbocycles. The molecule has 0 saturated carbocycles. The molecule has 0 aliphatic heterocycles. The maximum absolute atomic E-state index is 13.4. The smallest absolute Gasteiger partial charge is 0.156 e. The summed E-state index contributed by atoms with van der Waals surface area (Å²) in [5, 5.41) is 11.5. The maximum Gasteiger partial charge on any atom is 0.156 e. The minimum Gasteiger partial charge on any atom is -0.409 e. The molecule has 0 aromatic heterocycles. The molecule has 16 heavy (non-hydrogen) atoms. The van der Waals surface area contributed by atoms with Crippen LogP contribution in [0, 0.1) is 5.82 Å². The highest BCUT2D eigenvalue weighted by Gasteiger charge is 2.15. The van der Waals surface area contributed by atoms with Gasteiger partial charge in [0.05, 0.1) is 6.04 Å². The third-order valence-electron chi connectivity index (χ3n) is 2.58. The first-order chi connectivity index (χ1) is 7.56. The first kappa shape index (κ1) is 12.4. The van der Waals surface area contributed by atoms with Crippen LogP contribution in [-0.4, -0.2) is 29.0 Å². The fourth-order valence-corrected chi connectivity index (χ4v) is 1.34. The molecule has 0 aliphatic rings.